The Kier molecular flexibility index (Phi) is 3.55. The summed E-state index contributed by atoms with van der Waals surface area (Å²) in [6, 6.07) is 9.11. The van der Waals surface area contributed by atoms with Gasteiger partial charge < -0.3 is 20.5 Å². The summed E-state index contributed by atoms with van der Waals surface area (Å²) >= 11 is 1.32. The summed E-state index contributed by atoms with van der Waals surface area (Å²) in [5, 5.41) is 25.8. The third-order valence-electron chi connectivity index (χ3n) is 3.06. The summed E-state index contributed by atoms with van der Waals surface area (Å²) < 4.78 is 1.42. The topological polar surface area (TPSA) is 92.7 Å². The van der Waals surface area contributed by atoms with E-state index in [1.54, 1.807) is 23.7 Å². The van der Waals surface area contributed by atoms with Gasteiger partial charge in [-0.3, -0.25) is 0 Å². The Hall–Kier alpha value is -2.45. The molecule has 0 spiro atoms. The van der Waals surface area contributed by atoms with Crippen molar-refractivity contribution in [3.63, 3.8) is 0 Å². The molecule has 2 heterocycles. The molecule has 8 heteroatoms. The molecule has 0 amide bonds. The summed E-state index contributed by atoms with van der Waals surface area (Å²) in [5.41, 5.74) is 0.744. The van der Waals surface area contributed by atoms with Crippen LogP contribution >= 0.6 is 11.3 Å². The zero-order valence-electron chi connectivity index (χ0n) is 10.8. The highest BCUT2D eigenvalue weighted by atomic mass is 32.1. The van der Waals surface area contributed by atoms with Crippen LogP contribution in [0.1, 0.15) is 11.7 Å². The van der Waals surface area contributed by atoms with Gasteiger partial charge in [-0.25, -0.2) is 0 Å². The lowest BCUT2D eigenvalue weighted by Crippen LogP contribution is -2.13. The Morgan fingerprint density at radius 1 is 1.43 bits per heavy atom. The molecule has 0 aliphatic heterocycles. The van der Waals surface area contributed by atoms with Crippen molar-refractivity contribution < 1.29 is 10.0 Å². The van der Waals surface area contributed by atoms with Gasteiger partial charge in [-0.15, -0.1) is 0 Å². The van der Waals surface area contributed by atoms with E-state index in [9.17, 15) is 15.2 Å². The van der Waals surface area contributed by atoms with Crippen molar-refractivity contribution in [3.8, 4) is 0 Å². The molecule has 108 valence electrons. The van der Waals surface area contributed by atoms with E-state index < -0.39 is 11.0 Å². The van der Waals surface area contributed by atoms with Gasteiger partial charge in [0, 0.05) is 11.9 Å². The highest BCUT2D eigenvalue weighted by molar-refractivity contribution is 7.15. The van der Waals surface area contributed by atoms with Crippen LogP contribution < -0.4 is 5.32 Å². The second-order valence-corrected chi connectivity index (χ2v) is 5.28. The quantitative estimate of drug-likeness (QED) is 0.558. The Morgan fingerprint density at radius 3 is 2.90 bits per heavy atom. The monoisotopic (exact) mass is 304 g/mol. The Balaban J connectivity index is 1.80. The molecule has 0 fully saturated rings. The van der Waals surface area contributed by atoms with E-state index in [1.807, 2.05) is 18.2 Å². The first kappa shape index (κ1) is 13.5. The summed E-state index contributed by atoms with van der Waals surface area (Å²) in [6.07, 6.45) is 0.842. The number of thiazole rings is 1. The van der Waals surface area contributed by atoms with Crippen molar-refractivity contribution in [2.75, 3.05) is 11.9 Å². The molecule has 2 aromatic heterocycles. The number of hydrogen-bond donors (Lipinski definition) is 2. The number of nitro groups is 1. The van der Waals surface area contributed by atoms with Crippen molar-refractivity contribution in [3.05, 3.63) is 57.6 Å². The van der Waals surface area contributed by atoms with Crippen LogP contribution in [0.4, 0.5) is 11.6 Å². The van der Waals surface area contributed by atoms with Crippen molar-refractivity contribution >= 4 is 27.9 Å². The predicted octanol–water partition coefficient (Wildman–Crippen LogP) is 2.45. The van der Waals surface area contributed by atoms with Crippen LogP contribution in [0.5, 0.6) is 0 Å². The van der Waals surface area contributed by atoms with E-state index in [0.29, 0.717) is 4.96 Å². The first-order valence-electron chi connectivity index (χ1n) is 6.23. The lowest BCUT2D eigenvalue weighted by molar-refractivity contribution is -0.389. The molecule has 0 aliphatic carbocycles. The van der Waals surface area contributed by atoms with Crippen LogP contribution in [0.25, 0.3) is 4.96 Å². The molecule has 1 atom stereocenters. The van der Waals surface area contributed by atoms with E-state index in [0.717, 1.165) is 5.56 Å². The van der Waals surface area contributed by atoms with Gasteiger partial charge in [0.25, 0.3) is 4.96 Å². The number of aliphatic hydroxyl groups is 1. The Labute approximate surface area is 123 Å². The van der Waals surface area contributed by atoms with Gasteiger partial charge in [0.1, 0.15) is 6.20 Å². The van der Waals surface area contributed by atoms with Crippen molar-refractivity contribution in [2.45, 2.75) is 6.10 Å². The molecule has 1 unspecified atom stereocenters. The third-order valence-corrected chi connectivity index (χ3v) is 3.81. The minimum atomic E-state index is -0.759. The fourth-order valence-electron chi connectivity index (χ4n) is 2.05. The van der Waals surface area contributed by atoms with Gasteiger partial charge in [-0.2, -0.15) is 9.38 Å². The van der Waals surface area contributed by atoms with Gasteiger partial charge >= 0.3 is 5.82 Å². The maximum atomic E-state index is 11.2. The van der Waals surface area contributed by atoms with E-state index in [-0.39, 0.29) is 18.2 Å². The molecule has 1 aromatic carbocycles. The van der Waals surface area contributed by atoms with E-state index >= 15 is 0 Å². The maximum absolute atomic E-state index is 11.2. The van der Waals surface area contributed by atoms with E-state index in [1.165, 1.54) is 15.7 Å². The molecule has 0 aliphatic rings. The average molecular weight is 304 g/mol. The molecule has 3 aromatic rings. The molecule has 0 radical (unpaired) electrons. The van der Waals surface area contributed by atoms with Gasteiger partial charge in [0.05, 0.1) is 6.10 Å². The zero-order valence-corrected chi connectivity index (χ0v) is 11.7. The molecular formula is C13H12N4O3S. The largest absolute Gasteiger partial charge is 0.387 e. The second-order valence-electron chi connectivity index (χ2n) is 4.40. The van der Waals surface area contributed by atoms with Crippen LogP contribution in [-0.2, 0) is 0 Å². The van der Waals surface area contributed by atoms with E-state index in [4.69, 9.17) is 0 Å². The van der Waals surface area contributed by atoms with Crippen molar-refractivity contribution in [1.82, 2.24) is 9.38 Å². The van der Waals surface area contributed by atoms with Crippen LogP contribution in [0.3, 0.4) is 0 Å². The number of aromatic nitrogens is 2. The highest BCUT2D eigenvalue weighted by Gasteiger charge is 2.23. The molecule has 0 saturated heterocycles. The first-order valence-corrected chi connectivity index (χ1v) is 7.11. The summed E-state index contributed by atoms with van der Waals surface area (Å²) in [7, 11) is 0. The number of nitrogens with zero attached hydrogens (tertiary/aromatic N) is 3. The second kappa shape index (κ2) is 5.51. The van der Waals surface area contributed by atoms with Crippen LogP contribution in [-0.4, -0.2) is 26.0 Å². The Bertz CT molecular complexity index is 768. The lowest BCUT2D eigenvalue weighted by Gasteiger charge is -2.11. The molecule has 0 bridgehead atoms. The third kappa shape index (κ3) is 2.58. The van der Waals surface area contributed by atoms with Gasteiger partial charge in [-0.05, 0) is 10.5 Å². The fourth-order valence-corrected chi connectivity index (χ4v) is 2.76. The van der Waals surface area contributed by atoms with Crippen molar-refractivity contribution in [1.29, 1.82) is 0 Å². The highest BCUT2D eigenvalue weighted by Crippen LogP contribution is 2.28. The first-order chi connectivity index (χ1) is 10.2. The predicted molar refractivity (Wildman–Crippen MR) is 79.6 cm³/mol. The molecule has 21 heavy (non-hydrogen) atoms. The van der Waals surface area contributed by atoms with Crippen LogP contribution in [0.2, 0.25) is 0 Å². The van der Waals surface area contributed by atoms with Crippen LogP contribution in [0.15, 0.2) is 41.9 Å². The Morgan fingerprint density at radius 2 is 2.19 bits per heavy atom. The van der Waals surface area contributed by atoms with Gasteiger partial charge in [0.15, 0.2) is 0 Å². The number of imidazole rings is 1. The molecular weight excluding hydrogens is 292 g/mol. The van der Waals surface area contributed by atoms with Gasteiger partial charge in [-0.1, -0.05) is 41.7 Å². The number of aliphatic hydroxyl groups excluding tert-OH is 1. The number of benzene rings is 1. The van der Waals surface area contributed by atoms with E-state index in [2.05, 4.69) is 10.3 Å². The molecule has 3 rings (SSSR count). The normalized spacial score (nSPS) is 12.4. The number of nitrogens with one attached hydrogen (secondary N) is 1. The van der Waals surface area contributed by atoms with Crippen molar-refractivity contribution in [2.24, 2.45) is 0 Å². The fraction of sp³-hybridized carbons (Fsp3) is 0.154. The molecule has 0 saturated carbocycles. The lowest BCUT2D eigenvalue weighted by atomic mass is 10.1. The summed E-state index contributed by atoms with van der Waals surface area (Å²) in [6.45, 7) is 0.148. The number of anilines is 1. The minimum Gasteiger partial charge on any atom is -0.387 e. The van der Waals surface area contributed by atoms with Crippen LogP contribution in [0, 0.1) is 10.1 Å². The summed E-state index contributed by atoms with van der Waals surface area (Å²) in [5.74, 6) is 0.0494. The zero-order chi connectivity index (χ0) is 14.8. The molecule has 2 N–H and O–H groups in total. The summed E-state index contributed by atoms with van der Waals surface area (Å²) in [4.78, 5) is 15.4. The molecule has 7 nitrogen and oxygen atoms in total. The number of hydrogen-bond acceptors (Lipinski definition) is 6. The SMILES string of the molecule is O=[N+]([O-])c1c(NCC(O)c2ccccc2)nc2sccn12. The smallest absolute Gasteiger partial charge is 0.372 e. The van der Waals surface area contributed by atoms with Gasteiger partial charge in [0.2, 0.25) is 5.82 Å². The number of fused-ring (bicyclic) bond motifs is 1. The average Bonchev–Trinajstić information content (AvgIpc) is 3.05. The number of rotatable bonds is 5. The maximum Gasteiger partial charge on any atom is 0.372 e. The minimum absolute atomic E-state index is 0.119. The standard InChI is InChI=1S/C13H12N4O3S/c18-10(9-4-2-1-3-5-9)8-14-11-12(17(19)20)16-6-7-21-13(16)15-11/h1-7,10,14,18H,8H2.